The van der Waals surface area contributed by atoms with Crippen LogP contribution in [0.3, 0.4) is 0 Å². The summed E-state index contributed by atoms with van der Waals surface area (Å²) in [6.07, 6.45) is 3.32. The summed E-state index contributed by atoms with van der Waals surface area (Å²) >= 11 is 0. The van der Waals surface area contributed by atoms with Crippen molar-refractivity contribution in [2.24, 2.45) is 0 Å². The van der Waals surface area contributed by atoms with Crippen molar-refractivity contribution in [3.63, 3.8) is 0 Å². The van der Waals surface area contributed by atoms with Crippen molar-refractivity contribution in [1.82, 2.24) is 20.6 Å². The van der Waals surface area contributed by atoms with Crippen molar-refractivity contribution in [1.29, 1.82) is 0 Å². The minimum atomic E-state index is -0.454. The summed E-state index contributed by atoms with van der Waals surface area (Å²) in [5.41, 5.74) is 1.07. The molecular weight excluding hydrogens is 294 g/mol. The van der Waals surface area contributed by atoms with Gasteiger partial charge in [0, 0.05) is 31.2 Å². The molecular formula is C16H17N5O2. The molecule has 0 aromatic carbocycles. The molecule has 2 aliphatic rings. The third-order valence-electron chi connectivity index (χ3n) is 4.32. The number of nitrogens with zero attached hydrogens (tertiary/aromatic N) is 3. The number of amides is 2. The first kappa shape index (κ1) is 13.9. The van der Waals surface area contributed by atoms with Crippen LogP contribution in [-0.2, 0) is 4.79 Å². The van der Waals surface area contributed by atoms with E-state index in [9.17, 15) is 9.59 Å². The van der Waals surface area contributed by atoms with Crippen molar-refractivity contribution in [2.45, 2.75) is 18.9 Å². The van der Waals surface area contributed by atoms with Gasteiger partial charge in [-0.1, -0.05) is 0 Å². The number of hydrogen-bond acceptors (Lipinski definition) is 5. The van der Waals surface area contributed by atoms with E-state index >= 15 is 0 Å². The van der Waals surface area contributed by atoms with E-state index < -0.39 is 6.04 Å². The summed E-state index contributed by atoms with van der Waals surface area (Å²) in [5, 5.41) is 6.26. The lowest BCUT2D eigenvalue weighted by molar-refractivity contribution is -0.120. The van der Waals surface area contributed by atoms with Crippen LogP contribution in [0.15, 0.2) is 24.4 Å². The van der Waals surface area contributed by atoms with Crippen LogP contribution in [0, 0.1) is 0 Å². The highest BCUT2D eigenvalue weighted by Crippen LogP contribution is 2.21. The third-order valence-corrected chi connectivity index (χ3v) is 4.32. The summed E-state index contributed by atoms with van der Waals surface area (Å²) in [6, 6.07) is 5.19. The lowest BCUT2D eigenvalue weighted by atomic mass is 10.1. The second-order valence-electron chi connectivity index (χ2n) is 5.89. The molecule has 0 saturated carbocycles. The largest absolute Gasteiger partial charge is 0.356 e. The molecule has 7 heteroatoms. The molecule has 4 heterocycles. The van der Waals surface area contributed by atoms with Gasteiger partial charge in [-0.15, -0.1) is 0 Å². The molecule has 2 aromatic rings. The number of nitrogens with one attached hydrogen (secondary N) is 2. The van der Waals surface area contributed by atoms with Crippen molar-refractivity contribution in [3.8, 4) is 0 Å². The first-order valence-corrected chi connectivity index (χ1v) is 7.81. The van der Waals surface area contributed by atoms with Gasteiger partial charge < -0.3 is 15.5 Å². The Morgan fingerprint density at radius 1 is 1.35 bits per heavy atom. The highest BCUT2D eigenvalue weighted by Gasteiger charge is 2.26. The van der Waals surface area contributed by atoms with Crippen LogP contribution in [0.25, 0.3) is 11.0 Å². The van der Waals surface area contributed by atoms with Gasteiger partial charge >= 0.3 is 0 Å². The fraction of sp³-hybridized carbons (Fsp3) is 0.375. The number of hydrogen-bond donors (Lipinski definition) is 2. The zero-order valence-electron chi connectivity index (χ0n) is 12.6. The lowest BCUT2D eigenvalue weighted by Crippen LogP contribution is -2.40. The summed E-state index contributed by atoms with van der Waals surface area (Å²) in [7, 11) is 0. The molecule has 0 radical (unpaired) electrons. The maximum Gasteiger partial charge on any atom is 0.253 e. The second kappa shape index (κ2) is 5.49. The Kier molecular flexibility index (Phi) is 3.33. The average molecular weight is 311 g/mol. The maximum atomic E-state index is 12.3. The molecule has 7 nitrogen and oxygen atoms in total. The average Bonchev–Trinajstić information content (AvgIpc) is 2.90. The number of carbonyl (C=O) groups excluding carboxylic acids is 2. The van der Waals surface area contributed by atoms with Crippen molar-refractivity contribution >= 4 is 28.7 Å². The number of fused-ring (bicyclic) bond motifs is 1. The molecule has 0 spiro atoms. The van der Waals surface area contributed by atoms with E-state index in [-0.39, 0.29) is 11.8 Å². The Hall–Kier alpha value is -2.70. The van der Waals surface area contributed by atoms with Gasteiger partial charge in [-0.3, -0.25) is 9.59 Å². The standard InChI is InChI=1S/C16H17N5O2/c22-15(19-12-4-5-17-16(12)23)11-8-10-2-3-13(21-6-1-7-21)20-14(10)18-9-11/h2-3,8-9,12H,1,4-7H2,(H,17,23)(H,19,22). The third kappa shape index (κ3) is 2.58. The zero-order valence-corrected chi connectivity index (χ0v) is 12.6. The molecule has 118 valence electrons. The Bertz CT molecular complexity index is 787. The first-order chi connectivity index (χ1) is 11.2. The molecule has 2 saturated heterocycles. The van der Waals surface area contributed by atoms with Gasteiger partial charge in [-0.05, 0) is 31.0 Å². The number of anilines is 1. The molecule has 2 aliphatic heterocycles. The van der Waals surface area contributed by atoms with Crippen LogP contribution >= 0.6 is 0 Å². The Balaban J connectivity index is 1.56. The SMILES string of the molecule is O=C(NC1CCNC1=O)c1cnc2nc(N3CCC3)ccc2c1. The first-order valence-electron chi connectivity index (χ1n) is 7.81. The van der Waals surface area contributed by atoms with E-state index in [1.807, 2.05) is 12.1 Å². The lowest BCUT2D eigenvalue weighted by Gasteiger charge is -2.31. The van der Waals surface area contributed by atoms with Gasteiger partial charge in [-0.25, -0.2) is 9.97 Å². The van der Waals surface area contributed by atoms with Gasteiger partial charge in [0.2, 0.25) is 5.91 Å². The van der Waals surface area contributed by atoms with Crippen LogP contribution in [-0.4, -0.2) is 47.5 Å². The zero-order chi connectivity index (χ0) is 15.8. The molecule has 1 atom stereocenters. The summed E-state index contributed by atoms with van der Waals surface area (Å²) in [6.45, 7) is 2.66. The van der Waals surface area contributed by atoms with E-state index in [1.54, 1.807) is 6.07 Å². The van der Waals surface area contributed by atoms with Gasteiger partial charge in [-0.2, -0.15) is 0 Å². The Morgan fingerprint density at radius 2 is 2.22 bits per heavy atom. The number of carbonyl (C=O) groups is 2. The monoisotopic (exact) mass is 311 g/mol. The van der Waals surface area contributed by atoms with Crippen molar-refractivity contribution < 1.29 is 9.59 Å². The molecule has 2 aromatic heterocycles. The molecule has 2 amide bonds. The van der Waals surface area contributed by atoms with E-state index in [1.165, 1.54) is 12.6 Å². The van der Waals surface area contributed by atoms with Crippen LogP contribution in [0.5, 0.6) is 0 Å². The topological polar surface area (TPSA) is 87.2 Å². The maximum absolute atomic E-state index is 12.3. The van der Waals surface area contributed by atoms with Crippen LogP contribution < -0.4 is 15.5 Å². The molecule has 1 unspecified atom stereocenters. The van der Waals surface area contributed by atoms with Gasteiger partial charge in [0.25, 0.3) is 5.91 Å². The molecule has 23 heavy (non-hydrogen) atoms. The van der Waals surface area contributed by atoms with Crippen LogP contribution in [0.1, 0.15) is 23.2 Å². The predicted molar refractivity (Wildman–Crippen MR) is 85.2 cm³/mol. The fourth-order valence-electron chi connectivity index (χ4n) is 2.82. The molecule has 2 N–H and O–H groups in total. The Labute approximate surface area is 133 Å². The summed E-state index contributed by atoms with van der Waals surface area (Å²) in [5.74, 6) is 0.511. The normalized spacial score (nSPS) is 20.3. The van der Waals surface area contributed by atoms with E-state index in [0.29, 0.717) is 24.2 Å². The van der Waals surface area contributed by atoms with E-state index in [4.69, 9.17) is 0 Å². The fourth-order valence-corrected chi connectivity index (χ4v) is 2.82. The number of rotatable bonds is 3. The summed E-state index contributed by atoms with van der Waals surface area (Å²) < 4.78 is 0. The number of pyridine rings is 2. The molecule has 0 bridgehead atoms. The predicted octanol–water partition coefficient (Wildman–Crippen LogP) is 0.458. The molecule has 4 rings (SSSR count). The van der Waals surface area contributed by atoms with Crippen LogP contribution in [0.2, 0.25) is 0 Å². The van der Waals surface area contributed by atoms with Crippen molar-refractivity contribution in [2.75, 3.05) is 24.5 Å². The molecule has 0 aliphatic carbocycles. The number of aromatic nitrogens is 2. The summed E-state index contributed by atoms with van der Waals surface area (Å²) in [4.78, 5) is 34.8. The molecule has 2 fully saturated rings. The minimum Gasteiger partial charge on any atom is -0.356 e. The highest BCUT2D eigenvalue weighted by molar-refractivity contribution is 5.99. The van der Waals surface area contributed by atoms with Gasteiger partial charge in [0.05, 0.1) is 5.56 Å². The van der Waals surface area contributed by atoms with E-state index in [2.05, 4.69) is 25.5 Å². The van der Waals surface area contributed by atoms with E-state index in [0.717, 1.165) is 24.3 Å². The minimum absolute atomic E-state index is 0.132. The second-order valence-corrected chi connectivity index (χ2v) is 5.89. The van der Waals surface area contributed by atoms with Crippen LogP contribution in [0.4, 0.5) is 5.82 Å². The Morgan fingerprint density at radius 3 is 2.91 bits per heavy atom. The van der Waals surface area contributed by atoms with Gasteiger partial charge in [0.15, 0.2) is 5.65 Å². The quantitative estimate of drug-likeness (QED) is 0.860. The van der Waals surface area contributed by atoms with Crippen molar-refractivity contribution in [3.05, 3.63) is 30.0 Å². The highest BCUT2D eigenvalue weighted by atomic mass is 16.2. The smallest absolute Gasteiger partial charge is 0.253 e. The van der Waals surface area contributed by atoms with Gasteiger partial charge in [0.1, 0.15) is 11.9 Å².